The topological polar surface area (TPSA) is 46.2 Å². The van der Waals surface area contributed by atoms with Gasteiger partial charge in [0.25, 0.3) is 10.0 Å². The Morgan fingerprint density at radius 1 is 1.10 bits per heavy atom. The van der Waals surface area contributed by atoms with E-state index in [9.17, 15) is 17.2 Å². The second kappa shape index (κ2) is 5.99. The highest BCUT2D eigenvalue weighted by molar-refractivity contribution is 7.92. The van der Waals surface area contributed by atoms with Gasteiger partial charge in [-0.2, -0.15) is 0 Å². The van der Waals surface area contributed by atoms with Crippen molar-refractivity contribution in [3.63, 3.8) is 0 Å². The summed E-state index contributed by atoms with van der Waals surface area (Å²) in [6.45, 7) is 1.70. The van der Waals surface area contributed by atoms with E-state index in [2.05, 4.69) is 4.72 Å². The Kier molecular flexibility index (Phi) is 4.49. The molecule has 0 spiro atoms. The molecule has 1 N–H and O–H groups in total. The number of para-hydroxylation sites is 1. The summed E-state index contributed by atoms with van der Waals surface area (Å²) in [5.41, 5.74) is 0.884. The Labute approximate surface area is 126 Å². The number of nitrogens with one attached hydrogen (secondary N) is 1. The highest BCUT2D eigenvalue weighted by atomic mass is 35.5. The standard InChI is InChI=1S/C14H12ClF2NO2S/c1-9(15)11-4-2-3-5-14(11)18-21(19,20)10-6-7-12(16)13(17)8-10/h2-9,18H,1H3. The number of sulfonamides is 1. The van der Waals surface area contributed by atoms with Gasteiger partial charge < -0.3 is 0 Å². The first kappa shape index (κ1) is 15.7. The number of hydrogen-bond acceptors (Lipinski definition) is 2. The predicted octanol–water partition coefficient (Wildman–Crippen LogP) is 4.07. The maximum absolute atomic E-state index is 13.2. The molecule has 2 aromatic rings. The first-order valence-electron chi connectivity index (χ1n) is 6.02. The molecule has 0 aromatic heterocycles. The molecular weight excluding hydrogens is 320 g/mol. The summed E-state index contributed by atoms with van der Waals surface area (Å²) in [4.78, 5) is -0.363. The molecule has 7 heteroatoms. The fourth-order valence-electron chi connectivity index (χ4n) is 1.78. The lowest BCUT2D eigenvalue weighted by atomic mass is 10.1. The molecule has 0 aliphatic rings. The molecule has 0 heterocycles. The molecule has 0 saturated carbocycles. The molecule has 1 unspecified atom stereocenters. The Balaban J connectivity index is 2.40. The van der Waals surface area contributed by atoms with Crippen LogP contribution in [-0.2, 0) is 10.0 Å². The smallest absolute Gasteiger partial charge is 0.262 e. The Morgan fingerprint density at radius 3 is 2.38 bits per heavy atom. The van der Waals surface area contributed by atoms with Gasteiger partial charge in [0.05, 0.1) is 16.0 Å². The number of anilines is 1. The van der Waals surface area contributed by atoms with Gasteiger partial charge in [-0.15, -0.1) is 11.6 Å². The number of benzene rings is 2. The van der Waals surface area contributed by atoms with Gasteiger partial charge in [0.15, 0.2) is 11.6 Å². The van der Waals surface area contributed by atoms with E-state index in [1.54, 1.807) is 31.2 Å². The third-order valence-electron chi connectivity index (χ3n) is 2.84. The van der Waals surface area contributed by atoms with E-state index < -0.39 is 27.0 Å². The predicted molar refractivity (Wildman–Crippen MR) is 77.9 cm³/mol. The van der Waals surface area contributed by atoms with Crippen molar-refractivity contribution in [2.75, 3.05) is 4.72 Å². The van der Waals surface area contributed by atoms with Gasteiger partial charge >= 0.3 is 0 Å². The zero-order valence-electron chi connectivity index (χ0n) is 11.0. The van der Waals surface area contributed by atoms with E-state index in [4.69, 9.17) is 11.6 Å². The minimum absolute atomic E-state index is 0.296. The van der Waals surface area contributed by atoms with E-state index >= 15 is 0 Å². The largest absolute Gasteiger partial charge is 0.279 e. The SMILES string of the molecule is CC(Cl)c1ccccc1NS(=O)(=O)c1ccc(F)c(F)c1. The highest BCUT2D eigenvalue weighted by Gasteiger charge is 2.19. The van der Waals surface area contributed by atoms with Crippen LogP contribution in [0.2, 0.25) is 0 Å². The van der Waals surface area contributed by atoms with Crippen LogP contribution >= 0.6 is 11.6 Å². The summed E-state index contributed by atoms with van der Waals surface area (Å²) in [7, 11) is -4.02. The molecule has 0 aliphatic heterocycles. The Hall–Kier alpha value is -1.66. The number of rotatable bonds is 4. The normalized spacial score (nSPS) is 13.0. The average Bonchev–Trinajstić information content (AvgIpc) is 2.41. The summed E-state index contributed by atoms with van der Waals surface area (Å²) >= 11 is 5.98. The van der Waals surface area contributed by atoms with Crippen LogP contribution in [0, 0.1) is 11.6 Å². The first-order valence-corrected chi connectivity index (χ1v) is 7.94. The number of hydrogen-bond donors (Lipinski definition) is 1. The zero-order valence-corrected chi connectivity index (χ0v) is 12.5. The van der Waals surface area contributed by atoms with E-state index in [1.165, 1.54) is 0 Å². The van der Waals surface area contributed by atoms with Crippen molar-refractivity contribution >= 4 is 27.3 Å². The van der Waals surface area contributed by atoms with Gasteiger partial charge in [-0.3, -0.25) is 4.72 Å². The summed E-state index contributed by atoms with van der Waals surface area (Å²) in [5, 5.41) is -0.408. The Morgan fingerprint density at radius 2 is 1.76 bits per heavy atom. The van der Waals surface area contributed by atoms with Crippen molar-refractivity contribution in [3.05, 3.63) is 59.7 Å². The first-order chi connectivity index (χ1) is 9.81. The van der Waals surface area contributed by atoms with Crippen LogP contribution in [0.1, 0.15) is 17.9 Å². The van der Waals surface area contributed by atoms with Crippen molar-refractivity contribution in [3.8, 4) is 0 Å². The van der Waals surface area contributed by atoms with Gasteiger partial charge in [0.1, 0.15) is 0 Å². The van der Waals surface area contributed by atoms with Gasteiger partial charge in [-0.25, -0.2) is 17.2 Å². The van der Waals surface area contributed by atoms with Crippen LogP contribution in [-0.4, -0.2) is 8.42 Å². The second-order valence-electron chi connectivity index (χ2n) is 4.38. The molecule has 3 nitrogen and oxygen atoms in total. The lowest BCUT2D eigenvalue weighted by molar-refractivity contribution is 0.504. The maximum atomic E-state index is 13.2. The van der Waals surface area contributed by atoms with Gasteiger partial charge in [-0.05, 0) is 36.8 Å². The number of halogens is 3. The zero-order chi connectivity index (χ0) is 15.6. The molecule has 0 amide bonds. The maximum Gasteiger partial charge on any atom is 0.262 e. The van der Waals surface area contributed by atoms with Crippen LogP contribution in [0.25, 0.3) is 0 Å². The second-order valence-corrected chi connectivity index (χ2v) is 6.72. The molecule has 2 aromatic carbocycles. The van der Waals surface area contributed by atoms with Crippen molar-refractivity contribution < 1.29 is 17.2 Å². The third-order valence-corrected chi connectivity index (χ3v) is 4.43. The molecule has 0 saturated heterocycles. The summed E-state index contributed by atoms with van der Waals surface area (Å²) in [5.74, 6) is -2.33. The van der Waals surface area contributed by atoms with E-state index in [0.717, 1.165) is 12.1 Å². The van der Waals surface area contributed by atoms with Crippen LogP contribution < -0.4 is 4.72 Å². The molecule has 2 rings (SSSR count). The molecule has 0 bridgehead atoms. The molecular formula is C14H12ClF2NO2S. The summed E-state index contributed by atoms with van der Waals surface area (Å²) in [6, 6.07) is 8.99. The van der Waals surface area contributed by atoms with Gasteiger partial charge in [-0.1, -0.05) is 18.2 Å². The van der Waals surface area contributed by atoms with Gasteiger partial charge in [0.2, 0.25) is 0 Å². The summed E-state index contributed by atoms with van der Waals surface area (Å²) < 4.78 is 52.8. The molecule has 0 aliphatic carbocycles. The minimum Gasteiger partial charge on any atom is -0.279 e. The Bertz CT molecular complexity index is 763. The van der Waals surface area contributed by atoms with Crippen LogP contribution in [0.3, 0.4) is 0 Å². The summed E-state index contributed by atoms with van der Waals surface area (Å²) in [6.07, 6.45) is 0. The van der Waals surface area contributed by atoms with Crippen LogP contribution in [0.5, 0.6) is 0 Å². The van der Waals surface area contributed by atoms with Crippen LogP contribution in [0.15, 0.2) is 47.4 Å². The third kappa shape index (κ3) is 3.51. The fourth-order valence-corrected chi connectivity index (χ4v) is 3.07. The quantitative estimate of drug-likeness (QED) is 0.859. The van der Waals surface area contributed by atoms with Crippen molar-refractivity contribution in [2.24, 2.45) is 0 Å². The molecule has 112 valence electrons. The van der Waals surface area contributed by atoms with E-state index in [1.807, 2.05) is 0 Å². The van der Waals surface area contributed by atoms with Gasteiger partial charge in [0, 0.05) is 0 Å². The van der Waals surface area contributed by atoms with Crippen molar-refractivity contribution in [1.29, 1.82) is 0 Å². The lowest BCUT2D eigenvalue weighted by Crippen LogP contribution is -2.14. The molecule has 0 radical (unpaired) electrons. The molecule has 1 atom stereocenters. The van der Waals surface area contributed by atoms with Crippen molar-refractivity contribution in [2.45, 2.75) is 17.2 Å². The molecule has 21 heavy (non-hydrogen) atoms. The van der Waals surface area contributed by atoms with E-state index in [0.29, 0.717) is 17.3 Å². The average molecular weight is 332 g/mol. The van der Waals surface area contributed by atoms with E-state index in [-0.39, 0.29) is 4.90 Å². The number of alkyl halides is 1. The minimum atomic E-state index is -4.02. The lowest BCUT2D eigenvalue weighted by Gasteiger charge is -2.14. The highest BCUT2D eigenvalue weighted by Crippen LogP contribution is 2.29. The monoisotopic (exact) mass is 331 g/mol. The van der Waals surface area contributed by atoms with Crippen LogP contribution in [0.4, 0.5) is 14.5 Å². The van der Waals surface area contributed by atoms with Crippen molar-refractivity contribution in [1.82, 2.24) is 0 Å². The fraction of sp³-hybridized carbons (Fsp3) is 0.143. The molecule has 0 fully saturated rings.